The summed E-state index contributed by atoms with van der Waals surface area (Å²) in [6.45, 7) is 4.85. The van der Waals surface area contributed by atoms with Crippen molar-refractivity contribution in [2.24, 2.45) is 5.73 Å². The number of primary amides is 1. The van der Waals surface area contributed by atoms with Gasteiger partial charge in [-0.2, -0.15) is 0 Å². The molecule has 1 amide bonds. The summed E-state index contributed by atoms with van der Waals surface area (Å²) >= 11 is 0. The van der Waals surface area contributed by atoms with Gasteiger partial charge >= 0.3 is 0 Å². The molecule has 0 radical (unpaired) electrons. The molecule has 0 unspecified atom stereocenters. The zero-order valence-electron chi connectivity index (χ0n) is 9.68. The molecule has 1 aromatic carbocycles. The van der Waals surface area contributed by atoms with Crippen LogP contribution in [0.2, 0.25) is 0 Å². The predicted octanol–water partition coefficient (Wildman–Crippen LogP) is 1.09. The average Bonchev–Trinajstić information content (AvgIpc) is 2.15. The van der Waals surface area contributed by atoms with E-state index in [0.717, 1.165) is 5.56 Å². The minimum atomic E-state index is -0.339. The third-order valence-electron chi connectivity index (χ3n) is 2.39. The highest BCUT2D eigenvalue weighted by Crippen LogP contribution is 2.14. The molecule has 1 aromatic rings. The molecule has 0 aliphatic rings. The van der Waals surface area contributed by atoms with Crippen LogP contribution in [-0.4, -0.2) is 28.5 Å². The molecule has 16 heavy (non-hydrogen) atoms. The molecule has 3 N–H and O–H groups in total. The molecular weight excluding hydrogens is 204 g/mol. The summed E-state index contributed by atoms with van der Waals surface area (Å²) < 4.78 is 0. The fourth-order valence-corrected chi connectivity index (χ4v) is 1.51. The molecule has 0 bridgehead atoms. The Morgan fingerprint density at radius 2 is 2.19 bits per heavy atom. The van der Waals surface area contributed by atoms with Crippen LogP contribution in [0.3, 0.4) is 0 Å². The van der Waals surface area contributed by atoms with Crippen LogP contribution in [0.5, 0.6) is 5.75 Å². The SMILES string of the molecule is CC(C)N(CC(N)=O)Cc1cccc(O)c1. The van der Waals surface area contributed by atoms with E-state index in [2.05, 4.69) is 0 Å². The fourth-order valence-electron chi connectivity index (χ4n) is 1.51. The largest absolute Gasteiger partial charge is 0.508 e. The van der Waals surface area contributed by atoms with Gasteiger partial charge in [-0.25, -0.2) is 0 Å². The Balaban J connectivity index is 2.71. The van der Waals surface area contributed by atoms with Crippen LogP contribution in [0.25, 0.3) is 0 Å². The smallest absolute Gasteiger partial charge is 0.231 e. The number of carbonyl (C=O) groups excluding carboxylic acids is 1. The van der Waals surface area contributed by atoms with Crippen molar-refractivity contribution < 1.29 is 9.90 Å². The van der Waals surface area contributed by atoms with Crippen molar-refractivity contribution in [3.8, 4) is 5.75 Å². The summed E-state index contributed by atoms with van der Waals surface area (Å²) in [4.78, 5) is 12.9. The van der Waals surface area contributed by atoms with Gasteiger partial charge in [0.15, 0.2) is 0 Å². The van der Waals surface area contributed by atoms with Crippen molar-refractivity contribution in [2.45, 2.75) is 26.4 Å². The normalized spacial score (nSPS) is 11.0. The molecule has 1 rings (SSSR count). The van der Waals surface area contributed by atoms with Crippen molar-refractivity contribution in [3.63, 3.8) is 0 Å². The summed E-state index contributed by atoms with van der Waals surface area (Å²) in [6.07, 6.45) is 0. The van der Waals surface area contributed by atoms with E-state index in [0.29, 0.717) is 6.54 Å². The van der Waals surface area contributed by atoms with E-state index in [9.17, 15) is 9.90 Å². The van der Waals surface area contributed by atoms with Crippen molar-refractivity contribution in [1.29, 1.82) is 0 Å². The molecule has 0 aliphatic carbocycles. The molecule has 0 saturated heterocycles. The fraction of sp³-hybridized carbons (Fsp3) is 0.417. The first kappa shape index (κ1) is 12.5. The van der Waals surface area contributed by atoms with Crippen molar-refractivity contribution in [1.82, 2.24) is 4.90 Å². The summed E-state index contributed by atoms with van der Waals surface area (Å²) in [5.41, 5.74) is 6.15. The zero-order chi connectivity index (χ0) is 12.1. The number of hydrogen-bond donors (Lipinski definition) is 2. The van der Waals surface area contributed by atoms with Crippen LogP contribution in [0.15, 0.2) is 24.3 Å². The number of nitrogens with zero attached hydrogens (tertiary/aromatic N) is 1. The van der Waals surface area contributed by atoms with E-state index in [4.69, 9.17) is 5.73 Å². The van der Waals surface area contributed by atoms with E-state index in [1.165, 1.54) is 0 Å². The molecular formula is C12H18N2O2. The highest BCUT2D eigenvalue weighted by molar-refractivity contribution is 5.75. The van der Waals surface area contributed by atoms with E-state index in [-0.39, 0.29) is 24.2 Å². The molecule has 0 saturated carbocycles. The molecule has 88 valence electrons. The molecule has 0 aromatic heterocycles. The van der Waals surface area contributed by atoms with Crippen LogP contribution >= 0.6 is 0 Å². The number of amides is 1. The second-order valence-electron chi connectivity index (χ2n) is 4.13. The van der Waals surface area contributed by atoms with Crippen molar-refractivity contribution in [2.75, 3.05) is 6.54 Å². The highest BCUT2D eigenvalue weighted by atomic mass is 16.3. The maximum absolute atomic E-state index is 10.9. The Kier molecular flexibility index (Phi) is 4.31. The van der Waals surface area contributed by atoms with Crippen LogP contribution in [0.1, 0.15) is 19.4 Å². The van der Waals surface area contributed by atoms with E-state index >= 15 is 0 Å². The third kappa shape index (κ3) is 3.90. The maximum atomic E-state index is 10.9. The molecule has 4 heteroatoms. The van der Waals surface area contributed by atoms with E-state index in [1.807, 2.05) is 24.8 Å². The Hall–Kier alpha value is -1.55. The molecule has 0 aliphatic heterocycles. The molecule has 0 fully saturated rings. The number of phenols is 1. The van der Waals surface area contributed by atoms with Gasteiger partial charge in [0.2, 0.25) is 5.91 Å². The lowest BCUT2D eigenvalue weighted by Crippen LogP contribution is -2.37. The van der Waals surface area contributed by atoms with Crippen molar-refractivity contribution in [3.05, 3.63) is 29.8 Å². The van der Waals surface area contributed by atoms with Gasteiger partial charge in [-0.3, -0.25) is 9.69 Å². The minimum absolute atomic E-state index is 0.229. The van der Waals surface area contributed by atoms with Gasteiger partial charge in [0, 0.05) is 12.6 Å². The van der Waals surface area contributed by atoms with Crippen LogP contribution in [0.4, 0.5) is 0 Å². The zero-order valence-corrected chi connectivity index (χ0v) is 9.68. The predicted molar refractivity (Wildman–Crippen MR) is 62.8 cm³/mol. The van der Waals surface area contributed by atoms with Crippen molar-refractivity contribution >= 4 is 5.91 Å². The Morgan fingerprint density at radius 3 is 2.69 bits per heavy atom. The number of carbonyl (C=O) groups is 1. The van der Waals surface area contributed by atoms with Crippen LogP contribution in [0, 0.1) is 0 Å². The summed E-state index contributed by atoms with van der Waals surface area (Å²) in [7, 11) is 0. The number of nitrogens with two attached hydrogens (primary N) is 1. The summed E-state index contributed by atoms with van der Waals surface area (Å²) in [5, 5.41) is 9.34. The highest BCUT2D eigenvalue weighted by Gasteiger charge is 2.12. The standard InChI is InChI=1S/C12H18N2O2/c1-9(2)14(8-12(13)16)7-10-4-3-5-11(15)6-10/h3-6,9,15H,7-8H2,1-2H3,(H2,13,16). The molecule has 0 heterocycles. The molecule has 0 spiro atoms. The average molecular weight is 222 g/mol. The van der Waals surface area contributed by atoms with E-state index < -0.39 is 0 Å². The van der Waals surface area contributed by atoms with E-state index in [1.54, 1.807) is 18.2 Å². The van der Waals surface area contributed by atoms with Gasteiger partial charge in [-0.05, 0) is 31.5 Å². The Bertz CT molecular complexity index is 364. The first-order chi connectivity index (χ1) is 7.49. The minimum Gasteiger partial charge on any atom is -0.508 e. The summed E-state index contributed by atoms with van der Waals surface area (Å²) in [6, 6.07) is 7.24. The van der Waals surface area contributed by atoms with Gasteiger partial charge in [0.05, 0.1) is 6.54 Å². The van der Waals surface area contributed by atoms with Gasteiger partial charge < -0.3 is 10.8 Å². The lowest BCUT2D eigenvalue weighted by atomic mass is 10.2. The number of benzene rings is 1. The lowest BCUT2D eigenvalue weighted by Gasteiger charge is -2.24. The second kappa shape index (κ2) is 5.51. The molecule has 0 atom stereocenters. The lowest BCUT2D eigenvalue weighted by molar-refractivity contribution is -0.119. The molecule has 4 nitrogen and oxygen atoms in total. The quantitative estimate of drug-likeness (QED) is 0.783. The Morgan fingerprint density at radius 1 is 1.50 bits per heavy atom. The monoisotopic (exact) mass is 222 g/mol. The number of hydrogen-bond acceptors (Lipinski definition) is 3. The first-order valence-corrected chi connectivity index (χ1v) is 5.29. The van der Waals surface area contributed by atoms with Gasteiger partial charge in [0.1, 0.15) is 5.75 Å². The number of rotatable bonds is 5. The van der Waals surface area contributed by atoms with Crippen LogP contribution < -0.4 is 5.73 Å². The Labute approximate surface area is 95.7 Å². The van der Waals surface area contributed by atoms with Crippen LogP contribution in [-0.2, 0) is 11.3 Å². The third-order valence-corrected chi connectivity index (χ3v) is 2.39. The van der Waals surface area contributed by atoms with Gasteiger partial charge in [-0.15, -0.1) is 0 Å². The maximum Gasteiger partial charge on any atom is 0.231 e. The number of phenolic OH excluding ortho intramolecular Hbond substituents is 1. The number of aromatic hydroxyl groups is 1. The van der Waals surface area contributed by atoms with Gasteiger partial charge in [0.25, 0.3) is 0 Å². The van der Waals surface area contributed by atoms with Gasteiger partial charge in [-0.1, -0.05) is 12.1 Å². The first-order valence-electron chi connectivity index (χ1n) is 5.29. The topological polar surface area (TPSA) is 66.6 Å². The summed E-state index contributed by atoms with van der Waals surface area (Å²) in [5.74, 6) is -0.103. The second-order valence-corrected chi connectivity index (χ2v) is 4.13.